The number of hydrogen-bond donors (Lipinski definition) is 1. The summed E-state index contributed by atoms with van der Waals surface area (Å²) in [5.74, 6) is 1.35. The summed E-state index contributed by atoms with van der Waals surface area (Å²) in [6, 6.07) is 1.78. The van der Waals surface area contributed by atoms with E-state index in [1.807, 2.05) is 0 Å². The van der Waals surface area contributed by atoms with Crippen molar-refractivity contribution in [1.82, 2.24) is 20.2 Å². The van der Waals surface area contributed by atoms with Gasteiger partial charge in [0.05, 0.1) is 0 Å². The summed E-state index contributed by atoms with van der Waals surface area (Å²) in [7, 11) is 0. The van der Waals surface area contributed by atoms with Gasteiger partial charge in [0.15, 0.2) is 4.34 Å². The van der Waals surface area contributed by atoms with E-state index in [9.17, 15) is 0 Å². The lowest BCUT2D eigenvalue weighted by Crippen LogP contribution is -1.98. The smallest absolute Gasteiger partial charge is 0.206 e. The molecule has 8 heteroatoms. The molecule has 0 unspecified atom stereocenters. The molecule has 0 aromatic carbocycles. The molecular weight excluding hydrogens is 314 g/mol. The second kappa shape index (κ2) is 6.24. The maximum Gasteiger partial charge on any atom is 0.206 e. The monoisotopic (exact) mass is 327 g/mol. The highest BCUT2D eigenvalue weighted by molar-refractivity contribution is 8.01. The molecule has 106 valence electrons. The zero-order chi connectivity index (χ0) is 13.9. The molecule has 3 rings (SSSR count). The van der Waals surface area contributed by atoms with Crippen LogP contribution >= 0.6 is 34.7 Å². The van der Waals surface area contributed by atoms with Crippen LogP contribution in [-0.4, -0.2) is 26.7 Å². The van der Waals surface area contributed by atoms with Crippen molar-refractivity contribution in [2.75, 3.05) is 11.9 Å². The Morgan fingerprint density at radius 1 is 1.40 bits per heavy atom. The van der Waals surface area contributed by atoms with Crippen molar-refractivity contribution in [1.29, 1.82) is 0 Å². The zero-order valence-corrected chi connectivity index (χ0v) is 13.4. The molecule has 0 atom stereocenters. The van der Waals surface area contributed by atoms with E-state index in [0.717, 1.165) is 46.1 Å². The van der Waals surface area contributed by atoms with Gasteiger partial charge in [-0.2, -0.15) is 0 Å². The molecule has 2 aromatic rings. The van der Waals surface area contributed by atoms with Crippen LogP contribution in [0.25, 0.3) is 0 Å². The Balaban J connectivity index is 1.71. The van der Waals surface area contributed by atoms with Crippen molar-refractivity contribution in [3.05, 3.63) is 17.0 Å². The molecule has 0 bridgehead atoms. The van der Waals surface area contributed by atoms with Crippen molar-refractivity contribution in [2.45, 2.75) is 41.5 Å². The third kappa shape index (κ3) is 3.59. The second-order valence-electron chi connectivity index (χ2n) is 4.56. The fourth-order valence-electron chi connectivity index (χ4n) is 1.63. The molecule has 2 heterocycles. The lowest BCUT2D eigenvalue weighted by molar-refractivity contribution is 0.877. The number of halogens is 1. The fourth-order valence-corrected chi connectivity index (χ4v) is 3.62. The van der Waals surface area contributed by atoms with Crippen LogP contribution in [0, 0.1) is 0 Å². The predicted molar refractivity (Wildman–Crippen MR) is 81.8 cm³/mol. The molecule has 1 saturated carbocycles. The van der Waals surface area contributed by atoms with E-state index in [0.29, 0.717) is 11.1 Å². The first kappa shape index (κ1) is 14.0. The summed E-state index contributed by atoms with van der Waals surface area (Å²) in [5.41, 5.74) is 0. The van der Waals surface area contributed by atoms with Crippen molar-refractivity contribution in [2.24, 2.45) is 0 Å². The zero-order valence-electron chi connectivity index (χ0n) is 11.0. The maximum atomic E-state index is 6.05. The van der Waals surface area contributed by atoms with Gasteiger partial charge >= 0.3 is 0 Å². The van der Waals surface area contributed by atoms with E-state index < -0.39 is 0 Å². The van der Waals surface area contributed by atoms with Gasteiger partial charge in [0.2, 0.25) is 5.13 Å². The number of aromatic nitrogens is 4. The Morgan fingerprint density at radius 3 is 3.00 bits per heavy atom. The van der Waals surface area contributed by atoms with Gasteiger partial charge in [-0.25, -0.2) is 9.97 Å². The van der Waals surface area contributed by atoms with Gasteiger partial charge in [-0.05, 0) is 31.0 Å². The average Bonchev–Trinajstić information content (AvgIpc) is 3.18. The SMILES string of the molecule is CCCNc1nnc(Sc2cc(Cl)nc(C3CC3)n2)s1. The van der Waals surface area contributed by atoms with E-state index in [-0.39, 0.29) is 0 Å². The van der Waals surface area contributed by atoms with Gasteiger partial charge in [0.1, 0.15) is 16.0 Å². The predicted octanol–water partition coefficient (Wildman–Crippen LogP) is 3.83. The Hall–Kier alpha value is -0.920. The minimum atomic E-state index is 0.490. The molecule has 0 spiro atoms. The summed E-state index contributed by atoms with van der Waals surface area (Å²) in [6.45, 7) is 3.02. The Labute approximate surface area is 130 Å². The first-order chi connectivity index (χ1) is 9.74. The number of nitrogens with one attached hydrogen (secondary N) is 1. The molecule has 0 amide bonds. The summed E-state index contributed by atoms with van der Waals surface area (Å²) < 4.78 is 0.861. The molecule has 1 N–H and O–H groups in total. The summed E-state index contributed by atoms with van der Waals surface area (Å²) in [6.07, 6.45) is 3.39. The molecule has 2 aromatic heterocycles. The largest absolute Gasteiger partial charge is 0.360 e. The average molecular weight is 328 g/mol. The minimum Gasteiger partial charge on any atom is -0.360 e. The Kier molecular flexibility index (Phi) is 4.38. The highest BCUT2D eigenvalue weighted by Crippen LogP contribution is 2.40. The molecule has 1 aliphatic rings. The van der Waals surface area contributed by atoms with E-state index in [2.05, 4.69) is 32.4 Å². The molecule has 0 aliphatic heterocycles. The quantitative estimate of drug-likeness (QED) is 0.813. The van der Waals surface area contributed by atoms with Crippen molar-refractivity contribution in [3.63, 3.8) is 0 Å². The molecule has 1 aliphatic carbocycles. The molecule has 5 nitrogen and oxygen atoms in total. The van der Waals surface area contributed by atoms with Crippen molar-refractivity contribution < 1.29 is 0 Å². The van der Waals surface area contributed by atoms with Crippen LogP contribution in [0.5, 0.6) is 0 Å². The number of hydrogen-bond acceptors (Lipinski definition) is 7. The highest BCUT2D eigenvalue weighted by atomic mass is 35.5. The Morgan fingerprint density at radius 2 is 2.25 bits per heavy atom. The molecule has 0 radical (unpaired) electrons. The van der Waals surface area contributed by atoms with E-state index >= 15 is 0 Å². The lowest BCUT2D eigenvalue weighted by atomic mass is 10.4. The van der Waals surface area contributed by atoms with Gasteiger partial charge in [0, 0.05) is 18.5 Å². The first-order valence-electron chi connectivity index (χ1n) is 6.54. The second-order valence-corrected chi connectivity index (χ2v) is 7.20. The molecule has 0 saturated heterocycles. The highest BCUT2D eigenvalue weighted by Gasteiger charge is 2.27. The fraction of sp³-hybridized carbons (Fsp3) is 0.500. The van der Waals surface area contributed by atoms with E-state index in [4.69, 9.17) is 11.6 Å². The maximum absolute atomic E-state index is 6.05. The number of nitrogens with zero attached hydrogens (tertiary/aromatic N) is 4. The van der Waals surface area contributed by atoms with E-state index in [1.165, 1.54) is 23.1 Å². The van der Waals surface area contributed by atoms with Crippen LogP contribution in [0.1, 0.15) is 37.9 Å². The normalized spacial score (nSPS) is 14.5. The topological polar surface area (TPSA) is 63.6 Å². The van der Waals surface area contributed by atoms with Crippen LogP contribution in [0.3, 0.4) is 0 Å². The molecule has 20 heavy (non-hydrogen) atoms. The minimum absolute atomic E-state index is 0.490. The third-order valence-corrected chi connectivity index (χ3v) is 4.80. The first-order valence-corrected chi connectivity index (χ1v) is 8.55. The molecule has 1 fully saturated rings. The third-order valence-electron chi connectivity index (χ3n) is 2.76. The summed E-state index contributed by atoms with van der Waals surface area (Å²) >= 11 is 9.07. The standard InChI is InChI=1S/C12H14ClN5S2/c1-2-5-14-11-17-18-12(20-11)19-9-6-8(13)15-10(16-9)7-3-4-7/h6-7H,2-5H2,1H3,(H,14,17). The van der Waals surface area contributed by atoms with Crippen molar-refractivity contribution >= 4 is 39.8 Å². The number of rotatable bonds is 6. The van der Waals surface area contributed by atoms with Crippen molar-refractivity contribution in [3.8, 4) is 0 Å². The van der Waals surface area contributed by atoms with Gasteiger partial charge < -0.3 is 5.32 Å². The van der Waals surface area contributed by atoms with Gasteiger partial charge in [-0.15, -0.1) is 10.2 Å². The summed E-state index contributed by atoms with van der Waals surface area (Å²) in [5, 5.41) is 13.7. The van der Waals surface area contributed by atoms with Crippen LogP contribution in [0.2, 0.25) is 5.15 Å². The summed E-state index contributed by atoms with van der Waals surface area (Å²) in [4.78, 5) is 8.83. The molecular formula is C12H14ClN5S2. The lowest BCUT2D eigenvalue weighted by Gasteiger charge is -2.01. The number of anilines is 1. The van der Waals surface area contributed by atoms with Crippen LogP contribution in [-0.2, 0) is 0 Å². The Bertz CT molecular complexity index is 599. The van der Waals surface area contributed by atoms with Crippen LogP contribution in [0.4, 0.5) is 5.13 Å². The van der Waals surface area contributed by atoms with E-state index in [1.54, 1.807) is 6.07 Å². The van der Waals surface area contributed by atoms with Gasteiger partial charge in [-0.1, -0.05) is 29.9 Å². The van der Waals surface area contributed by atoms with Gasteiger partial charge in [0.25, 0.3) is 0 Å². The van der Waals surface area contributed by atoms with Crippen LogP contribution < -0.4 is 5.32 Å². The van der Waals surface area contributed by atoms with Gasteiger partial charge in [-0.3, -0.25) is 0 Å². The van der Waals surface area contributed by atoms with Crippen LogP contribution in [0.15, 0.2) is 15.4 Å².